The van der Waals surface area contributed by atoms with Crippen LogP contribution in [-0.4, -0.2) is 42.5 Å². The molecule has 2 aromatic rings. The van der Waals surface area contributed by atoms with Crippen LogP contribution in [0.3, 0.4) is 0 Å². The van der Waals surface area contributed by atoms with Crippen molar-refractivity contribution in [1.82, 2.24) is 10.2 Å². The number of unbranched alkanes of at least 4 members (excludes halogenated alkanes) is 1. The minimum atomic E-state index is -0.501. The predicted molar refractivity (Wildman–Crippen MR) is 121 cm³/mol. The van der Waals surface area contributed by atoms with Crippen molar-refractivity contribution < 1.29 is 14.3 Å². The summed E-state index contributed by atoms with van der Waals surface area (Å²) >= 11 is 0. The number of carbonyl (C=O) groups is 2. The number of hydrogen-bond donors (Lipinski definition) is 1. The van der Waals surface area contributed by atoms with Crippen LogP contribution in [0.25, 0.3) is 0 Å². The first-order valence-corrected chi connectivity index (χ1v) is 10.9. The molecule has 0 heterocycles. The van der Waals surface area contributed by atoms with Gasteiger partial charge in [-0.05, 0) is 49.4 Å². The Hall–Kier alpha value is -2.82. The quantitative estimate of drug-likeness (QED) is 0.535. The highest BCUT2D eigenvalue weighted by molar-refractivity contribution is 5.88. The number of hydrogen-bond acceptors (Lipinski definition) is 3. The summed E-state index contributed by atoms with van der Waals surface area (Å²) in [5.41, 5.74) is 2.21. The van der Waals surface area contributed by atoms with E-state index in [1.807, 2.05) is 68.4 Å². The maximum atomic E-state index is 13.1. The third-order valence-corrected chi connectivity index (χ3v) is 5.05. The van der Waals surface area contributed by atoms with Gasteiger partial charge >= 0.3 is 0 Å². The van der Waals surface area contributed by atoms with Crippen molar-refractivity contribution in [2.75, 3.05) is 19.7 Å². The topological polar surface area (TPSA) is 58.6 Å². The Morgan fingerprint density at radius 2 is 1.83 bits per heavy atom. The summed E-state index contributed by atoms with van der Waals surface area (Å²) in [5, 5.41) is 2.98. The van der Waals surface area contributed by atoms with E-state index in [9.17, 15) is 9.59 Å². The minimum Gasteiger partial charge on any atom is -0.484 e. The van der Waals surface area contributed by atoms with Gasteiger partial charge in [-0.2, -0.15) is 0 Å². The molecule has 2 rings (SSSR count). The van der Waals surface area contributed by atoms with Gasteiger partial charge in [-0.1, -0.05) is 62.7 Å². The molecule has 0 aliphatic heterocycles. The first-order chi connectivity index (χ1) is 14.5. The summed E-state index contributed by atoms with van der Waals surface area (Å²) < 4.78 is 5.73. The maximum Gasteiger partial charge on any atom is 0.261 e. The predicted octanol–water partition coefficient (Wildman–Crippen LogP) is 4.14. The Morgan fingerprint density at radius 3 is 2.50 bits per heavy atom. The van der Waals surface area contributed by atoms with Crippen LogP contribution >= 0.6 is 0 Å². The van der Waals surface area contributed by atoms with E-state index >= 15 is 0 Å². The Bertz CT molecular complexity index is 792. The van der Waals surface area contributed by atoms with Gasteiger partial charge in [0, 0.05) is 13.1 Å². The number of nitrogens with zero attached hydrogens (tertiary/aromatic N) is 1. The lowest BCUT2D eigenvalue weighted by Crippen LogP contribution is -2.51. The zero-order chi connectivity index (χ0) is 21.8. The summed E-state index contributed by atoms with van der Waals surface area (Å²) in [6.45, 7) is 7.02. The van der Waals surface area contributed by atoms with E-state index < -0.39 is 6.04 Å². The van der Waals surface area contributed by atoms with Crippen molar-refractivity contribution in [3.8, 4) is 5.75 Å². The molecule has 1 atom stereocenters. The van der Waals surface area contributed by atoms with Crippen molar-refractivity contribution >= 4 is 11.8 Å². The van der Waals surface area contributed by atoms with Crippen molar-refractivity contribution in [1.29, 1.82) is 0 Å². The van der Waals surface area contributed by atoms with Crippen molar-refractivity contribution in [3.63, 3.8) is 0 Å². The number of carbonyl (C=O) groups excluding carboxylic acids is 2. The second-order valence-corrected chi connectivity index (χ2v) is 7.50. The summed E-state index contributed by atoms with van der Waals surface area (Å²) in [6, 6.07) is 17.1. The lowest BCUT2D eigenvalue weighted by Gasteiger charge is -2.30. The molecule has 0 radical (unpaired) electrons. The third-order valence-electron chi connectivity index (χ3n) is 5.05. The highest BCUT2D eigenvalue weighted by Gasteiger charge is 2.28. The lowest BCUT2D eigenvalue weighted by molar-refractivity contribution is -0.142. The number of benzene rings is 2. The zero-order valence-electron chi connectivity index (χ0n) is 18.4. The molecule has 2 aromatic carbocycles. The molecule has 1 N–H and O–H groups in total. The second kappa shape index (κ2) is 12.7. The largest absolute Gasteiger partial charge is 0.484 e. The van der Waals surface area contributed by atoms with E-state index in [2.05, 4.69) is 12.2 Å². The molecule has 0 saturated heterocycles. The minimum absolute atomic E-state index is 0.0863. The molecule has 0 aliphatic carbocycles. The van der Waals surface area contributed by atoms with Crippen LogP contribution in [0.15, 0.2) is 54.6 Å². The van der Waals surface area contributed by atoms with E-state index in [0.717, 1.165) is 24.0 Å². The van der Waals surface area contributed by atoms with E-state index in [-0.39, 0.29) is 18.4 Å². The normalized spacial score (nSPS) is 11.6. The Morgan fingerprint density at radius 1 is 1.07 bits per heavy atom. The fourth-order valence-electron chi connectivity index (χ4n) is 3.34. The zero-order valence-corrected chi connectivity index (χ0v) is 18.4. The van der Waals surface area contributed by atoms with Crippen molar-refractivity contribution in [2.45, 2.75) is 52.5 Å². The highest BCUT2D eigenvalue weighted by Crippen LogP contribution is 2.14. The van der Waals surface area contributed by atoms with Gasteiger partial charge in [0.05, 0.1) is 0 Å². The number of rotatable bonds is 12. The molecule has 0 aliphatic rings. The van der Waals surface area contributed by atoms with E-state index in [0.29, 0.717) is 31.7 Å². The molecule has 0 bridgehead atoms. The Labute approximate surface area is 180 Å². The molecule has 2 amide bonds. The first kappa shape index (κ1) is 23.5. The number of nitrogens with one attached hydrogen (secondary N) is 1. The smallest absolute Gasteiger partial charge is 0.261 e. The van der Waals surface area contributed by atoms with Gasteiger partial charge < -0.3 is 15.0 Å². The van der Waals surface area contributed by atoms with Gasteiger partial charge in [-0.3, -0.25) is 9.59 Å². The molecular weight excluding hydrogens is 376 g/mol. The van der Waals surface area contributed by atoms with E-state index in [4.69, 9.17) is 4.74 Å². The molecule has 5 heteroatoms. The van der Waals surface area contributed by atoms with Gasteiger partial charge in [0.2, 0.25) is 5.91 Å². The van der Waals surface area contributed by atoms with Crippen LogP contribution in [0.4, 0.5) is 0 Å². The molecule has 0 spiro atoms. The van der Waals surface area contributed by atoms with Crippen LogP contribution < -0.4 is 10.1 Å². The molecular formula is C25H34N2O3. The first-order valence-electron chi connectivity index (χ1n) is 10.9. The van der Waals surface area contributed by atoms with E-state index in [1.54, 1.807) is 4.90 Å². The standard InChI is InChI=1S/C25H34N2O3/c1-4-6-16-26-25(29)23(5-2)27(17-15-21-12-8-7-9-13-21)24(28)19-30-22-14-10-11-20(3)18-22/h7-14,18,23H,4-6,15-17,19H2,1-3H3,(H,26,29)/t23-/m0/s1. The van der Waals surface area contributed by atoms with Crippen LogP contribution in [0.1, 0.15) is 44.2 Å². The van der Waals surface area contributed by atoms with Crippen LogP contribution in [0.5, 0.6) is 5.75 Å². The number of aryl methyl sites for hydroxylation is 1. The average molecular weight is 411 g/mol. The Kier molecular flexibility index (Phi) is 9.92. The van der Waals surface area contributed by atoms with Crippen LogP contribution in [0, 0.1) is 6.92 Å². The second-order valence-electron chi connectivity index (χ2n) is 7.50. The average Bonchev–Trinajstić information content (AvgIpc) is 2.75. The molecule has 0 fully saturated rings. The van der Waals surface area contributed by atoms with Gasteiger partial charge in [-0.25, -0.2) is 0 Å². The SMILES string of the molecule is CCCCNC(=O)[C@H](CC)N(CCc1ccccc1)C(=O)COc1cccc(C)c1. The molecule has 0 aromatic heterocycles. The summed E-state index contributed by atoms with van der Waals surface area (Å²) in [6.07, 6.45) is 3.19. The van der Waals surface area contributed by atoms with E-state index in [1.165, 1.54) is 0 Å². The summed E-state index contributed by atoms with van der Waals surface area (Å²) in [7, 11) is 0. The number of ether oxygens (including phenoxy) is 1. The fraction of sp³-hybridized carbons (Fsp3) is 0.440. The maximum absolute atomic E-state index is 13.1. The monoisotopic (exact) mass is 410 g/mol. The van der Waals surface area contributed by atoms with Crippen LogP contribution in [-0.2, 0) is 16.0 Å². The van der Waals surface area contributed by atoms with Crippen molar-refractivity contribution in [3.05, 3.63) is 65.7 Å². The Balaban J connectivity index is 2.09. The molecule has 5 nitrogen and oxygen atoms in total. The highest BCUT2D eigenvalue weighted by atomic mass is 16.5. The third kappa shape index (κ3) is 7.54. The fourth-order valence-corrected chi connectivity index (χ4v) is 3.34. The lowest BCUT2D eigenvalue weighted by atomic mass is 10.1. The molecule has 30 heavy (non-hydrogen) atoms. The van der Waals surface area contributed by atoms with Gasteiger partial charge in [-0.15, -0.1) is 0 Å². The summed E-state index contributed by atoms with van der Waals surface area (Å²) in [5.74, 6) is 0.389. The van der Waals surface area contributed by atoms with Gasteiger partial charge in [0.15, 0.2) is 6.61 Å². The van der Waals surface area contributed by atoms with Gasteiger partial charge in [0.1, 0.15) is 11.8 Å². The van der Waals surface area contributed by atoms with Crippen molar-refractivity contribution in [2.24, 2.45) is 0 Å². The molecule has 162 valence electrons. The van der Waals surface area contributed by atoms with Gasteiger partial charge in [0.25, 0.3) is 5.91 Å². The summed E-state index contributed by atoms with van der Waals surface area (Å²) in [4.78, 5) is 27.5. The number of amides is 2. The molecule has 0 unspecified atom stereocenters. The molecule has 0 saturated carbocycles. The van der Waals surface area contributed by atoms with Crippen LogP contribution in [0.2, 0.25) is 0 Å².